The molecule has 1 aliphatic rings. The molecule has 0 aliphatic carbocycles. The summed E-state index contributed by atoms with van der Waals surface area (Å²) >= 11 is 0. The van der Waals surface area contributed by atoms with Crippen LogP contribution in [0.5, 0.6) is 0 Å². The first kappa shape index (κ1) is 25.3. The van der Waals surface area contributed by atoms with E-state index < -0.39 is 15.6 Å². The van der Waals surface area contributed by atoms with Crippen molar-refractivity contribution in [3.05, 3.63) is 0 Å². The van der Waals surface area contributed by atoms with Crippen LogP contribution >= 0.6 is 15.6 Å². The van der Waals surface area contributed by atoms with Crippen LogP contribution in [0.1, 0.15) is 84.0 Å². The number of hydrogen-bond acceptors (Lipinski definition) is 5. The lowest BCUT2D eigenvalue weighted by molar-refractivity contribution is 0.175. The van der Waals surface area contributed by atoms with Crippen LogP contribution < -0.4 is 0 Å². The van der Waals surface area contributed by atoms with E-state index in [1.807, 2.05) is 0 Å². The van der Waals surface area contributed by atoms with Crippen molar-refractivity contribution in [2.24, 2.45) is 5.92 Å². The van der Waals surface area contributed by atoms with Crippen LogP contribution in [0.3, 0.4) is 0 Å². The quantitative estimate of drug-likeness (QED) is 0.159. The molecule has 1 saturated heterocycles. The number of phosphoric ester groups is 1. The van der Waals surface area contributed by atoms with Crippen molar-refractivity contribution in [1.82, 2.24) is 0 Å². The molecule has 3 atom stereocenters. The summed E-state index contributed by atoms with van der Waals surface area (Å²) in [4.78, 5) is 26.1. The SMILES string of the molecule is CC(CCCCCCCCCC1CO1)CCCCOP(=O)(O)OP(=O)(O)O. The molecule has 162 valence electrons. The van der Waals surface area contributed by atoms with Crippen LogP contribution in [0.2, 0.25) is 0 Å². The standard InChI is InChI=1S/C17H36O8P2/c1-16(11-7-5-3-2-4-6-8-13-17-15-23-17)12-9-10-14-24-27(21,22)25-26(18,19)20/h16-17H,2-15H2,1H3,(H,21,22)(H2,18,19,20). The van der Waals surface area contributed by atoms with Crippen molar-refractivity contribution in [3.8, 4) is 0 Å². The Balaban J connectivity index is 1.85. The van der Waals surface area contributed by atoms with E-state index in [2.05, 4.69) is 15.8 Å². The van der Waals surface area contributed by atoms with E-state index in [9.17, 15) is 9.13 Å². The average Bonchev–Trinajstić information content (AvgIpc) is 3.34. The van der Waals surface area contributed by atoms with Gasteiger partial charge in [0.25, 0.3) is 0 Å². The maximum Gasteiger partial charge on any atom is 0.481 e. The van der Waals surface area contributed by atoms with Crippen molar-refractivity contribution in [2.45, 2.75) is 90.1 Å². The van der Waals surface area contributed by atoms with Crippen LogP contribution in [0, 0.1) is 5.92 Å². The van der Waals surface area contributed by atoms with Gasteiger partial charge in [-0.1, -0.05) is 71.1 Å². The Kier molecular flexibility index (Phi) is 12.6. The zero-order valence-corrected chi connectivity index (χ0v) is 18.1. The fourth-order valence-corrected chi connectivity index (χ4v) is 4.68. The Bertz CT molecular complexity index is 478. The highest BCUT2D eigenvalue weighted by atomic mass is 31.3. The van der Waals surface area contributed by atoms with Gasteiger partial charge in [0.1, 0.15) is 0 Å². The summed E-state index contributed by atoms with van der Waals surface area (Å²) in [6.07, 6.45) is 14.4. The molecule has 1 rings (SSSR count). The van der Waals surface area contributed by atoms with Gasteiger partial charge in [-0.25, -0.2) is 9.13 Å². The molecule has 3 N–H and O–H groups in total. The summed E-state index contributed by atoms with van der Waals surface area (Å²) in [6.45, 7) is 3.11. The molecule has 10 heteroatoms. The van der Waals surface area contributed by atoms with Gasteiger partial charge in [0.2, 0.25) is 0 Å². The third kappa shape index (κ3) is 16.8. The second-order valence-corrected chi connectivity index (χ2v) is 10.3. The highest BCUT2D eigenvalue weighted by Crippen LogP contribution is 2.57. The van der Waals surface area contributed by atoms with Crippen molar-refractivity contribution in [1.29, 1.82) is 0 Å². The molecule has 27 heavy (non-hydrogen) atoms. The second-order valence-electron chi connectivity index (χ2n) is 7.48. The molecule has 0 aromatic carbocycles. The normalized spacial score (nSPS) is 20.4. The molecule has 0 aromatic heterocycles. The molecule has 1 aliphatic heterocycles. The number of ether oxygens (including phenoxy) is 1. The Morgan fingerprint density at radius 1 is 0.926 bits per heavy atom. The molecule has 8 nitrogen and oxygen atoms in total. The molecule has 0 radical (unpaired) electrons. The minimum absolute atomic E-state index is 0.0621. The molecule has 0 spiro atoms. The predicted octanol–water partition coefficient (Wildman–Crippen LogP) is 4.93. The number of hydrogen-bond donors (Lipinski definition) is 3. The van der Waals surface area contributed by atoms with Crippen molar-refractivity contribution in [3.63, 3.8) is 0 Å². The molecule has 3 unspecified atom stereocenters. The lowest BCUT2D eigenvalue weighted by atomic mass is 9.97. The van der Waals surface area contributed by atoms with Crippen LogP contribution in [0.4, 0.5) is 0 Å². The second kappa shape index (κ2) is 13.4. The van der Waals surface area contributed by atoms with Crippen molar-refractivity contribution in [2.75, 3.05) is 13.2 Å². The van der Waals surface area contributed by atoms with E-state index in [0.717, 1.165) is 19.4 Å². The number of phosphoric acid groups is 2. The summed E-state index contributed by atoms with van der Waals surface area (Å²) in [5.41, 5.74) is 0. The topological polar surface area (TPSA) is 126 Å². The molecule has 0 amide bonds. The molecule has 1 fully saturated rings. The summed E-state index contributed by atoms with van der Waals surface area (Å²) in [5.74, 6) is 0.593. The largest absolute Gasteiger partial charge is 0.481 e. The van der Waals surface area contributed by atoms with E-state index in [0.29, 0.717) is 18.4 Å². The minimum Gasteiger partial charge on any atom is -0.373 e. The van der Waals surface area contributed by atoms with Crippen LogP contribution in [0.25, 0.3) is 0 Å². The fourth-order valence-electron chi connectivity index (χ4n) is 3.06. The summed E-state index contributed by atoms with van der Waals surface area (Å²) in [6, 6.07) is 0. The lowest BCUT2D eigenvalue weighted by Gasteiger charge is -2.13. The van der Waals surface area contributed by atoms with Crippen LogP contribution in [-0.2, 0) is 22.7 Å². The minimum atomic E-state index is -5.03. The van der Waals surface area contributed by atoms with Crippen LogP contribution in [-0.4, -0.2) is 34.0 Å². The Morgan fingerprint density at radius 3 is 2.00 bits per heavy atom. The van der Waals surface area contributed by atoms with Gasteiger partial charge in [-0.05, 0) is 18.8 Å². The number of epoxide rings is 1. The smallest absolute Gasteiger partial charge is 0.373 e. The van der Waals surface area contributed by atoms with E-state index in [4.69, 9.17) is 19.4 Å². The average molecular weight is 430 g/mol. The summed E-state index contributed by atoms with van der Waals surface area (Å²) in [5, 5.41) is 0. The van der Waals surface area contributed by atoms with Gasteiger partial charge in [0.05, 0.1) is 19.3 Å². The third-order valence-electron chi connectivity index (χ3n) is 4.68. The fraction of sp³-hybridized carbons (Fsp3) is 1.00. The first-order valence-electron chi connectivity index (χ1n) is 10.0. The number of unbranched alkanes of at least 4 members (excludes halogenated alkanes) is 7. The number of rotatable bonds is 18. The van der Waals surface area contributed by atoms with Gasteiger partial charge in [-0.2, -0.15) is 4.31 Å². The molecular weight excluding hydrogens is 394 g/mol. The van der Waals surface area contributed by atoms with Gasteiger partial charge in [0.15, 0.2) is 0 Å². The Morgan fingerprint density at radius 2 is 1.44 bits per heavy atom. The van der Waals surface area contributed by atoms with Crippen LogP contribution in [0.15, 0.2) is 0 Å². The lowest BCUT2D eigenvalue weighted by Crippen LogP contribution is -1.99. The monoisotopic (exact) mass is 430 g/mol. The predicted molar refractivity (Wildman–Crippen MR) is 103 cm³/mol. The van der Waals surface area contributed by atoms with Gasteiger partial charge >= 0.3 is 15.6 Å². The summed E-state index contributed by atoms with van der Waals surface area (Å²) < 4.78 is 35.2. The van der Waals surface area contributed by atoms with Crippen molar-refractivity contribution >= 4 is 15.6 Å². The summed E-state index contributed by atoms with van der Waals surface area (Å²) in [7, 11) is -9.72. The molecular formula is C17H36O8P2. The molecule has 0 bridgehead atoms. The van der Waals surface area contributed by atoms with Crippen molar-refractivity contribution < 1.29 is 37.4 Å². The molecule has 0 saturated carbocycles. The zero-order chi connectivity index (χ0) is 20.2. The maximum absolute atomic E-state index is 11.3. The van der Waals surface area contributed by atoms with E-state index in [1.165, 1.54) is 57.8 Å². The molecule has 1 heterocycles. The maximum atomic E-state index is 11.3. The third-order valence-corrected chi connectivity index (χ3v) is 6.87. The Hall–Kier alpha value is 0.220. The molecule has 0 aromatic rings. The van der Waals surface area contributed by atoms with E-state index in [1.54, 1.807) is 0 Å². The van der Waals surface area contributed by atoms with Gasteiger partial charge in [-0.15, -0.1) is 0 Å². The highest BCUT2D eigenvalue weighted by molar-refractivity contribution is 7.60. The Labute approximate surface area is 162 Å². The van der Waals surface area contributed by atoms with E-state index >= 15 is 0 Å². The first-order chi connectivity index (χ1) is 12.7. The van der Waals surface area contributed by atoms with Gasteiger partial charge in [-0.3, -0.25) is 4.52 Å². The van der Waals surface area contributed by atoms with Gasteiger partial charge < -0.3 is 19.4 Å². The van der Waals surface area contributed by atoms with Gasteiger partial charge in [0, 0.05) is 0 Å². The zero-order valence-electron chi connectivity index (χ0n) is 16.3. The highest BCUT2D eigenvalue weighted by Gasteiger charge is 2.31. The first-order valence-corrected chi connectivity index (χ1v) is 13.1. The van der Waals surface area contributed by atoms with E-state index in [-0.39, 0.29) is 6.61 Å².